The number of methoxy groups -OCH3 is 1. The number of carbonyl (C=O) groups excluding carboxylic acids is 1. The molecule has 0 fully saturated rings. The first-order chi connectivity index (χ1) is 9.60. The minimum atomic E-state index is 0.0265. The molecule has 2 aromatic rings. The van der Waals surface area contributed by atoms with Crippen molar-refractivity contribution >= 4 is 21.7 Å². The predicted octanol–water partition coefficient (Wildman–Crippen LogP) is 4.24. The van der Waals surface area contributed by atoms with E-state index in [2.05, 4.69) is 15.9 Å². The van der Waals surface area contributed by atoms with Crippen LogP contribution in [0.2, 0.25) is 0 Å². The maximum Gasteiger partial charge on any atom is 0.160 e. The van der Waals surface area contributed by atoms with E-state index in [0.29, 0.717) is 12.2 Å². The first-order valence-corrected chi connectivity index (χ1v) is 6.95. The van der Waals surface area contributed by atoms with Gasteiger partial charge in [0, 0.05) is 10.0 Å². The molecule has 4 heteroatoms. The summed E-state index contributed by atoms with van der Waals surface area (Å²) in [5.74, 6) is 1.57. The Hall–Kier alpha value is -1.81. The van der Waals surface area contributed by atoms with E-state index in [4.69, 9.17) is 9.47 Å². The number of ketones is 1. The fraction of sp³-hybridized carbons (Fsp3) is 0.188. The topological polar surface area (TPSA) is 35.5 Å². The van der Waals surface area contributed by atoms with Crippen molar-refractivity contribution in [3.05, 3.63) is 58.1 Å². The second-order valence-electron chi connectivity index (χ2n) is 4.33. The molecule has 0 atom stereocenters. The molecule has 0 aliphatic heterocycles. The zero-order valence-corrected chi connectivity index (χ0v) is 12.9. The van der Waals surface area contributed by atoms with E-state index in [-0.39, 0.29) is 5.78 Å². The Morgan fingerprint density at radius 3 is 2.30 bits per heavy atom. The molecule has 0 aromatic heterocycles. The van der Waals surface area contributed by atoms with Gasteiger partial charge in [-0.25, -0.2) is 0 Å². The number of rotatable bonds is 5. The summed E-state index contributed by atoms with van der Waals surface area (Å²) in [5, 5.41) is 0. The fourth-order valence-electron chi connectivity index (χ4n) is 1.76. The molecular weight excluding hydrogens is 320 g/mol. The van der Waals surface area contributed by atoms with Gasteiger partial charge in [0.15, 0.2) is 5.78 Å². The Morgan fingerprint density at radius 2 is 1.75 bits per heavy atom. The van der Waals surface area contributed by atoms with Gasteiger partial charge in [-0.3, -0.25) is 4.79 Å². The molecule has 3 nitrogen and oxygen atoms in total. The van der Waals surface area contributed by atoms with Crippen molar-refractivity contribution in [1.29, 1.82) is 0 Å². The minimum absolute atomic E-state index is 0.0265. The van der Waals surface area contributed by atoms with Crippen molar-refractivity contribution in [2.45, 2.75) is 13.5 Å². The van der Waals surface area contributed by atoms with Crippen LogP contribution in [0.15, 0.2) is 46.9 Å². The van der Waals surface area contributed by atoms with Gasteiger partial charge in [-0.2, -0.15) is 0 Å². The summed E-state index contributed by atoms with van der Waals surface area (Å²) in [5.41, 5.74) is 1.71. The Labute approximate surface area is 126 Å². The summed E-state index contributed by atoms with van der Waals surface area (Å²) in [6.07, 6.45) is 0. The molecule has 0 bridgehead atoms. The molecular formula is C16H15BrO3. The van der Waals surface area contributed by atoms with Gasteiger partial charge in [-0.15, -0.1) is 0 Å². The summed E-state index contributed by atoms with van der Waals surface area (Å²) in [4.78, 5) is 11.3. The molecule has 2 rings (SSSR count). The molecule has 0 saturated carbocycles. The third kappa shape index (κ3) is 3.61. The van der Waals surface area contributed by atoms with Crippen molar-refractivity contribution in [3.8, 4) is 11.5 Å². The summed E-state index contributed by atoms with van der Waals surface area (Å²) in [7, 11) is 1.64. The van der Waals surface area contributed by atoms with Crippen LogP contribution in [0, 0.1) is 0 Å². The predicted molar refractivity (Wildman–Crippen MR) is 81.5 cm³/mol. The molecule has 0 unspecified atom stereocenters. The lowest BCUT2D eigenvalue weighted by molar-refractivity contribution is 0.101. The first-order valence-electron chi connectivity index (χ1n) is 6.16. The van der Waals surface area contributed by atoms with E-state index in [1.165, 1.54) is 6.92 Å². The van der Waals surface area contributed by atoms with Gasteiger partial charge < -0.3 is 9.47 Å². The van der Waals surface area contributed by atoms with E-state index < -0.39 is 0 Å². The number of Topliss-reactive ketones (excluding diaryl/α,β-unsaturated/α-hetero) is 1. The van der Waals surface area contributed by atoms with Gasteiger partial charge in [-0.1, -0.05) is 12.1 Å². The van der Waals surface area contributed by atoms with E-state index in [0.717, 1.165) is 21.5 Å². The van der Waals surface area contributed by atoms with Crippen LogP contribution in [-0.4, -0.2) is 12.9 Å². The molecule has 0 heterocycles. The van der Waals surface area contributed by atoms with Crippen LogP contribution in [0.5, 0.6) is 11.5 Å². The molecule has 0 amide bonds. The fourth-order valence-corrected chi connectivity index (χ4v) is 2.40. The van der Waals surface area contributed by atoms with Crippen LogP contribution < -0.4 is 9.47 Å². The van der Waals surface area contributed by atoms with E-state index >= 15 is 0 Å². The standard InChI is InChI=1S/C16H15BrO3/c1-11(18)15-8-7-14(9-16(15)17)20-10-12-3-5-13(19-2)6-4-12/h3-9H,10H2,1-2H3. The zero-order valence-electron chi connectivity index (χ0n) is 11.4. The molecule has 0 saturated heterocycles. The second kappa shape index (κ2) is 6.57. The maximum absolute atomic E-state index is 11.3. The molecule has 20 heavy (non-hydrogen) atoms. The minimum Gasteiger partial charge on any atom is -0.497 e. The molecule has 0 radical (unpaired) electrons. The molecule has 0 spiro atoms. The molecule has 0 aliphatic carbocycles. The highest BCUT2D eigenvalue weighted by Crippen LogP contribution is 2.24. The summed E-state index contributed by atoms with van der Waals surface area (Å²) in [6, 6.07) is 13.1. The Morgan fingerprint density at radius 1 is 1.10 bits per heavy atom. The molecule has 104 valence electrons. The number of hydrogen-bond acceptors (Lipinski definition) is 3. The van der Waals surface area contributed by atoms with Crippen molar-refractivity contribution in [3.63, 3.8) is 0 Å². The monoisotopic (exact) mass is 334 g/mol. The molecule has 0 N–H and O–H groups in total. The van der Waals surface area contributed by atoms with Gasteiger partial charge in [0.2, 0.25) is 0 Å². The highest BCUT2D eigenvalue weighted by molar-refractivity contribution is 9.10. The van der Waals surface area contributed by atoms with E-state index in [1.54, 1.807) is 25.3 Å². The summed E-state index contributed by atoms with van der Waals surface area (Å²) >= 11 is 3.38. The Bertz CT molecular complexity index is 606. The number of benzene rings is 2. The smallest absolute Gasteiger partial charge is 0.160 e. The number of carbonyl (C=O) groups is 1. The number of halogens is 1. The van der Waals surface area contributed by atoms with Crippen molar-refractivity contribution < 1.29 is 14.3 Å². The lowest BCUT2D eigenvalue weighted by Gasteiger charge is -2.09. The average molecular weight is 335 g/mol. The van der Waals surface area contributed by atoms with Crippen LogP contribution in [0.4, 0.5) is 0 Å². The van der Waals surface area contributed by atoms with Gasteiger partial charge in [-0.05, 0) is 58.7 Å². The van der Waals surface area contributed by atoms with Crippen LogP contribution in [0.1, 0.15) is 22.8 Å². The van der Waals surface area contributed by atoms with Crippen LogP contribution >= 0.6 is 15.9 Å². The zero-order chi connectivity index (χ0) is 14.5. The van der Waals surface area contributed by atoms with Crippen molar-refractivity contribution in [1.82, 2.24) is 0 Å². The lowest BCUT2D eigenvalue weighted by atomic mass is 10.1. The van der Waals surface area contributed by atoms with Crippen LogP contribution in [0.25, 0.3) is 0 Å². The summed E-state index contributed by atoms with van der Waals surface area (Å²) < 4.78 is 11.6. The quantitative estimate of drug-likeness (QED) is 0.767. The highest BCUT2D eigenvalue weighted by atomic mass is 79.9. The average Bonchev–Trinajstić information content (AvgIpc) is 2.45. The van der Waals surface area contributed by atoms with Crippen molar-refractivity contribution in [2.24, 2.45) is 0 Å². The molecule has 0 aliphatic rings. The van der Waals surface area contributed by atoms with E-state index in [9.17, 15) is 4.79 Å². The van der Waals surface area contributed by atoms with Crippen LogP contribution in [-0.2, 0) is 6.61 Å². The highest BCUT2D eigenvalue weighted by Gasteiger charge is 2.06. The third-order valence-corrected chi connectivity index (χ3v) is 3.54. The van der Waals surface area contributed by atoms with Gasteiger partial charge in [0.1, 0.15) is 18.1 Å². The first kappa shape index (κ1) is 14.6. The second-order valence-corrected chi connectivity index (χ2v) is 5.19. The van der Waals surface area contributed by atoms with E-state index in [1.807, 2.05) is 24.3 Å². The van der Waals surface area contributed by atoms with Crippen LogP contribution in [0.3, 0.4) is 0 Å². The lowest BCUT2D eigenvalue weighted by Crippen LogP contribution is -1.98. The Balaban J connectivity index is 2.03. The normalized spacial score (nSPS) is 10.2. The maximum atomic E-state index is 11.3. The largest absolute Gasteiger partial charge is 0.497 e. The SMILES string of the molecule is COc1ccc(COc2ccc(C(C)=O)c(Br)c2)cc1. The van der Waals surface area contributed by atoms with Crippen molar-refractivity contribution in [2.75, 3.05) is 7.11 Å². The number of ether oxygens (including phenoxy) is 2. The number of hydrogen-bond donors (Lipinski definition) is 0. The third-order valence-electron chi connectivity index (χ3n) is 2.88. The van der Waals surface area contributed by atoms with Gasteiger partial charge in [0.25, 0.3) is 0 Å². The van der Waals surface area contributed by atoms with Gasteiger partial charge in [0.05, 0.1) is 7.11 Å². The molecule has 2 aromatic carbocycles. The summed E-state index contributed by atoms with van der Waals surface area (Å²) in [6.45, 7) is 2.01. The Kier molecular flexibility index (Phi) is 4.79. The van der Waals surface area contributed by atoms with Gasteiger partial charge >= 0.3 is 0 Å².